The predicted molar refractivity (Wildman–Crippen MR) is 131 cm³/mol. The minimum absolute atomic E-state index is 0.294. The van der Waals surface area contributed by atoms with E-state index in [9.17, 15) is 4.79 Å². The van der Waals surface area contributed by atoms with Crippen molar-refractivity contribution in [3.63, 3.8) is 0 Å². The van der Waals surface area contributed by atoms with E-state index in [1.807, 2.05) is 66.1 Å². The Kier molecular flexibility index (Phi) is 6.05. The second-order valence-electron chi connectivity index (χ2n) is 7.95. The van der Waals surface area contributed by atoms with E-state index in [4.69, 9.17) is 9.26 Å². The lowest BCUT2D eigenvalue weighted by atomic mass is 10.1. The summed E-state index contributed by atoms with van der Waals surface area (Å²) < 4.78 is 12.9. The molecule has 2 aromatic carbocycles. The molecule has 0 saturated carbocycles. The Bertz CT molecular complexity index is 1460. The van der Waals surface area contributed by atoms with Crippen LogP contribution in [0.5, 0.6) is 0 Å². The number of aromatic nitrogens is 4. The molecule has 0 aliphatic rings. The molecule has 5 aromatic rings. The van der Waals surface area contributed by atoms with Crippen molar-refractivity contribution in [3.05, 3.63) is 71.9 Å². The molecule has 0 saturated heterocycles. The van der Waals surface area contributed by atoms with Crippen LogP contribution in [0, 0.1) is 6.92 Å². The Morgan fingerprint density at radius 2 is 1.88 bits per heavy atom. The second-order valence-corrected chi connectivity index (χ2v) is 7.95. The van der Waals surface area contributed by atoms with Crippen molar-refractivity contribution in [2.24, 2.45) is 0 Å². The van der Waals surface area contributed by atoms with Gasteiger partial charge >= 0.3 is 0 Å². The summed E-state index contributed by atoms with van der Waals surface area (Å²) in [4.78, 5) is 22.8. The number of carbonyl (C=O) groups excluding carboxylic acids is 1. The molecule has 3 heterocycles. The topological polar surface area (TPSA) is 95.1 Å². The van der Waals surface area contributed by atoms with Gasteiger partial charge in [0, 0.05) is 25.3 Å². The lowest BCUT2D eigenvalue weighted by Crippen LogP contribution is -2.17. The number of pyridine rings is 1. The van der Waals surface area contributed by atoms with Crippen molar-refractivity contribution in [1.82, 2.24) is 19.7 Å². The van der Waals surface area contributed by atoms with Crippen molar-refractivity contribution >= 4 is 34.0 Å². The molecule has 8 nitrogen and oxygen atoms in total. The van der Waals surface area contributed by atoms with Crippen LogP contribution >= 0.6 is 0 Å². The first-order valence-corrected chi connectivity index (χ1v) is 11.3. The van der Waals surface area contributed by atoms with Gasteiger partial charge in [0.2, 0.25) is 5.95 Å². The largest absolute Gasteiger partial charge is 0.382 e. The Balaban J connectivity index is 1.53. The van der Waals surface area contributed by atoms with E-state index in [-0.39, 0.29) is 5.91 Å². The Morgan fingerprint density at radius 3 is 2.71 bits per heavy atom. The van der Waals surface area contributed by atoms with Gasteiger partial charge in [0.15, 0.2) is 0 Å². The molecule has 5 rings (SSSR count). The molecule has 0 bridgehead atoms. The van der Waals surface area contributed by atoms with Gasteiger partial charge in [-0.15, -0.1) is 0 Å². The minimum atomic E-state index is -0.294. The Morgan fingerprint density at radius 1 is 1.09 bits per heavy atom. The molecule has 0 unspecified atom stereocenters. The summed E-state index contributed by atoms with van der Waals surface area (Å²) in [6, 6.07) is 19.3. The Hall–Kier alpha value is -4.04. The zero-order chi connectivity index (χ0) is 23.5. The standard InChI is InChI=1S/C26H25N5O3/c1-3-33-15-9-14-31-22-13-8-7-12-20(22)28-26(31)29-24(32)19-16-21(18-10-5-4-6-11-18)27-25-23(19)17(2)30-34-25/h4-8,10-13,16H,3,9,14-15H2,1-2H3,(H,28,29,32). The number of aryl methyl sites for hydroxylation is 2. The molecule has 0 fully saturated rings. The summed E-state index contributed by atoms with van der Waals surface area (Å²) in [6.45, 7) is 5.76. The number of nitrogens with one attached hydrogen (secondary N) is 1. The zero-order valence-corrected chi connectivity index (χ0v) is 19.1. The lowest BCUT2D eigenvalue weighted by Gasteiger charge is -2.11. The van der Waals surface area contributed by atoms with E-state index in [0.29, 0.717) is 53.8 Å². The number of hydrogen-bond donors (Lipinski definition) is 1. The first-order chi connectivity index (χ1) is 16.7. The van der Waals surface area contributed by atoms with Crippen molar-refractivity contribution < 1.29 is 14.1 Å². The van der Waals surface area contributed by atoms with Crippen LogP contribution in [0.4, 0.5) is 5.95 Å². The van der Waals surface area contributed by atoms with E-state index in [1.165, 1.54) is 0 Å². The summed E-state index contributed by atoms with van der Waals surface area (Å²) in [5.74, 6) is 0.195. The molecular formula is C26H25N5O3. The normalized spacial score (nSPS) is 11.4. The third-order valence-electron chi connectivity index (χ3n) is 5.69. The number of para-hydroxylation sites is 2. The molecular weight excluding hydrogens is 430 g/mol. The van der Waals surface area contributed by atoms with Crippen molar-refractivity contribution in [2.75, 3.05) is 18.5 Å². The van der Waals surface area contributed by atoms with Crippen LogP contribution in [0.1, 0.15) is 29.4 Å². The molecule has 0 aliphatic carbocycles. The van der Waals surface area contributed by atoms with Crippen molar-refractivity contribution in [2.45, 2.75) is 26.8 Å². The highest BCUT2D eigenvalue weighted by Crippen LogP contribution is 2.28. The third-order valence-corrected chi connectivity index (χ3v) is 5.69. The number of rotatable bonds is 8. The molecule has 3 aromatic heterocycles. The zero-order valence-electron chi connectivity index (χ0n) is 19.1. The fourth-order valence-electron chi connectivity index (χ4n) is 4.07. The predicted octanol–water partition coefficient (Wildman–Crippen LogP) is 5.23. The first-order valence-electron chi connectivity index (χ1n) is 11.3. The van der Waals surface area contributed by atoms with Crippen LogP contribution in [-0.4, -0.2) is 38.8 Å². The molecule has 0 spiro atoms. The minimum Gasteiger partial charge on any atom is -0.382 e. The van der Waals surface area contributed by atoms with Gasteiger partial charge in [-0.3, -0.25) is 10.1 Å². The molecule has 1 N–H and O–H groups in total. The average molecular weight is 456 g/mol. The van der Waals surface area contributed by atoms with E-state index < -0.39 is 0 Å². The molecule has 172 valence electrons. The number of imidazole rings is 1. The van der Waals surface area contributed by atoms with Crippen LogP contribution in [-0.2, 0) is 11.3 Å². The number of carbonyl (C=O) groups is 1. The number of nitrogens with zero attached hydrogens (tertiary/aromatic N) is 4. The maximum absolute atomic E-state index is 13.6. The van der Waals surface area contributed by atoms with E-state index in [0.717, 1.165) is 23.0 Å². The maximum atomic E-state index is 13.6. The summed E-state index contributed by atoms with van der Waals surface area (Å²) in [5.41, 5.74) is 4.68. The summed E-state index contributed by atoms with van der Waals surface area (Å²) in [7, 11) is 0. The van der Waals surface area contributed by atoms with E-state index in [1.54, 1.807) is 13.0 Å². The first kappa shape index (κ1) is 21.8. The highest BCUT2D eigenvalue weighted by Gasteiger charge is 2.21. The fraction of sp³-hybridized carbons (Fsp3) is 0.231. The van der Waals surface area contributed by atoms with Crippen LogP contribution < -0.4 is 5.32 Å². The molecule has 0 radical (unpaired) electrons. The Labute approximate surface area is 196 Å². The van der Waals surface area contributed by atoms with Gasteiger partial charge in [-0.1, -0.05) is 47.6 Å². The molecule has 0 atom stereocenters. The molecule has 8 heteroatoms. The second kappa shape index (κ2) is 9.44. The highest BCUT2D eigenvalue weighted by molar-refractivity contribution is 6.12. The van der Waals surface area contributed by atoms with E-state index in [2.05, 4.69) is 20.4 Å². The number of benzene rings is 2. The average Bonchev–Trinajstić information content (AvgIpc) is 3.41. The van der Waals surface area contributed by atoms with Gasteiger partial charge in [0.05, 0.1) is 33.4 Å². The highest BCUT2D eigenvalue weighted by atomic mass is 16.5. The third kappa shape index (κ3) is 4.15. The maximum Gasteiger partial charge on any atom is 0.259 e. The SMILES string of the molecule is CCOCCCn1c(NC(=O)c2cc(-c3ccccc3)nc3onc(C)c23)nc2ccccc21. The smallest absolute Gasteiger partial charge is 0.259 e. The monoisotopic (exact) mass is 455 g/mol. The van der Waals surface area contributed by atoms with Crippen LogP contribution in [0.15, 0.2) is 65.2 Å². The summed E-state index contributed by atoms with van der Waals surface area (Å²) in [6.07, 6.45) is 0.805. The van der Waals surface area contributed by atoms with Gasteiger partial charge in [-0.25, -0.2) is 9.97 Å². The number of amides is 1. The van der Waals surface area contributed by atoms with Gasteiger partial charge in [0.1, 0.15) is 0 Å². The van der Waals surface area contributed by atoms with Crippen LogP contribution in [0.3, 0.4) is 0 Å². The summed E-state index contributed by atoms with van der Waals surface area (Å²) >= 11 is 0. The van der Waals surface area contributed by atoms with Gasteiger partial charge in [-0.2, -0.15) is 0 Å². The fourth-order valence-corrected chi connectivity index (χ4v) is 4.07. The summed E-state index contributed by atoms with van der Waals surface area (Å²) in [5, 5.41) is 7.65. The number of fused-ring (bicyclic) bond motifs is 2. The van der Waals surface area contributed by atoms with Crippen molar-refractivity contribution in [3.8, 4) is 11.3 Å². The molecule has 0 aliphatic heterocycles. The van der Waals surface area contributed by atoms with E-state index >= 15 is 0 Å². The van der Waals surface area contributed by atoms with Gasteiger partial charge in [-0.05, 0) is 38.5 Å². The van der Waals surface area contributed by atoms with Gasteiger partial charge in [0.25, 0.3) is 11.6 Å². The molecule has 1 amide bonds. The van der Waals surface area contributed by atoms with Crippen LogP contribution in [0.25, 0.3) is 33.4 Å². The van der Waals surface area contributed by atoms with Gasteiger partial charge < -0.3 is 13.8 Å². The van der Waals surface area contributed by atoms with Crippen molar-refractivity contribution in [1.29, 1.82) is 0 Å². The number of hydrogen-bond acceptors (Lipinski definition) is 6. The lowest BCUT2D eigenvalue weighted by molar-refractivity contribution is 0.102. The number of anilines is 1. The number of ether oxygens (including phenoxy) is 1. The molecule has 34 heavy (non-hydrogen) atoms. The van der Waals surface area contributed by atoms with Crippen LogP contribution in [0.2, 0.25) is 0 Å². The quantitative estimate of drug-likeness (QED) is 0.322.